The van der Waals surface area contributed by atoms with Gasteiger partial charge in [0, 0.05) is 30.0 Å². The van der Waals surface area contributed by atoms with Crippen LogP contribution >= 0.6 is 0 Å². The Morgan fingerprint density at radius 3 is 2.05 bits per heavy atom. The van der Waals surface area contributed by atoms with Gasteiger partial charge in [-0.05, 0) is 49.3 Å². The van der Waals surface area contributed by atoms with Crippen LogP contribution in [0.3, 0.4) is 0 Å². The molecule has 0 bridgehead atoms. The highest BCUT2D eigenvalue weighted by Crippen LogP contribution is 2.44. The fraction of sp³-hybridized carbons (Fsp3) is 0.588. The van der Waals surface area contributed by atoms with Crippen LogP contribution in [0, 0.1) is 5.41 Å². The lowest BCUT2D eigenvalue weighted by molar-refractivity contribution is 0.0472. The summed E-state index contributed by atoms with van der Waals surface area (Å²) in [6.07, 6.45) is 9.10. The zero-order valence-electron chi connectivity index (χ0n) is 12.6. The van der Waals surface area contributed by atoms with E-state index in [4.69, 9.17) is 11.5 Å². The Bertz CT molecular complexity index is 505. The van der Waals surface area contributed by atoms with Crippen molar-refractivity contribution in [1.82, 2.24) is 4.90 Å². The molecule has 2 fully saturated rings. The molecule has 1 amide bonds. The van der Waals surface area contributed by atoms with Crippen LogP contribution in [0.15, 0.2) is 18.2 Å². The molecule has 3 rings (SSSR count). The Morgan fingerprint density at radius 1 is 0.905 bits per heavy atom. The number of hydrogen-bond donors (Lipinski definition) is 2. The molecular weight excluding hydrogens is 262 g/mol. The Kier molecular flexibility index (Phi) is 3.79. The quantitative estimate of drug-likeness (QED) is 0.780. The average molecular weight is 287 g/mol. The van der Waals surface area contributed by atoms with E-state index in [0.717, 1.165) is 25.9 Å². The fourth-order valence-electron chi connectivity index (χ4n) is 3.97. The number of piperidine rings is 1. The number of anilines is 2. The third-order valence-electron chi connectivity index (χ3n) is 5.25. The molecule has 4 nitrogen and oxygen atoms in total. The molecule has 0 unspecified atom stereocenters. The lowest BCUT2D eigenvalue weighted by atomic mass is 9.68. The minimum atomic E-state index is 0.0691. The number of carbonyl (C=O) groups is 1. The lowest BCUT2D eigenvalue weighted by Crippen LogP contribution is -2.43. The molecule has 1 heterocycles. The lowest BCUT2D eigenvalue weighted by Gasteiger charge is -2.44. The SMILES string of the molecule is Nc1cc(N)cc(C(=O)N2CCC3(CCCCC3)CC2)c1. The first-order chi connectivity index (χ1) is 10.1. The zero-order chi connectivity index (χ0) is 14.9. The van der Waals surface area contributed by atoms with Crippen molar-refractivity contribution in [3.63, 3.8) is 0 Å². The van der Waals surface area contributed by atoms with Crippen LogP contribution in [0.4, 0.5) is 11.4 Å². The van der Waals surface area contributed by atoms with E-state index in [9.17, 15) is 4.79 Å². The van der Waals surface area contributed by atoms with E-state index in [1.165, 1.54) is 32.1 Å². The predicted molar refractivity (Wildman–Crippen MR) is 85.9 cm³/mol. The number of likely N-dealkylation sites (tertiary alicyclic amines) is 1. The maximum Gasteiger partial charge on any atom is 0.254 e. The van der Waals surface area contributed by atoms with Gasteiger partial charge in [0.05, 0.1) is 0 Å². The van der Waals surface area contributed by atoms with Gasteiger partial charge in [-0.15, -0.1) is 0 Å². The molecule has 1 aliphatic heterocycles. The summed E-state index contributed by atoms with van der Waals surface area (Å²) in [4.78, 5) is 14.6. The van der Waals surface area contributed by atoms with E-state index in [0.29, 0.717) is 22.4 Å². The number of benzene rings is 1. The Labute approximate surface area is 126 Å². The second-order valence-corrected chi connectivity index (χ2v) is 6.74. The molecule has 0 aromatic heterocycles. The van der Waals surface area contributed by atoms with Gasteiger partial charge in [0.2, 0.25) is 0 Å². The van der Waals surface area contributed by atoms with Crippen molar-refractivity contribution >= 4 is 17.3 Å². The summed E-state index contributed by atoms with van der Waals surface area (Å²) in [6.45, 7) is 1.74. The van der Waals surface area contributed by atoms with Crippen molar-refractivity contribution in [1.29, 1.82) is 0 Å². The molecule has 4 N–H and O–H groups in total. The molecule has 1 aromatic rings. The van der Waals surface area contributed by atoms with E-state index < -0.39 is 0 Å². The zero-order valence-corrected chi connectivity index (χ0v) is 12.6. The van der Waals surface area contributed by atoms with Gasteiger partial charge in [0.15, 0.2) is 0 Å². The summed E-state index contributed by atoms with van der Waals surface area (Å²) in [5, 5.41) is 0. The van der Waals surface area contributed by atoms with Crippen LogP contribution in [0.5, 0.6) is 0 Å². The molecule has 2 aliphatic rings. The minimum Gasteiger partial charge on any atom is -0.399 e. The summed E-state index contributed by atoms with van der Waals surface area (Å²) >= 11 is 0. The number of amides is 1. The smallest absolute Gasteiger partial charge is 0.254 e. The van der Waals surface area contributed by atoms with E-state index in [2.05, 4.69) is 0 Å². The third-order valence-corrected chi connectivity index (χ3v) is 5.25. The van der Waals surface area contributed by atoms with Crippen molar-refractivity contribution in [2.75, 3.05) is 24.6 Å². The molecular formula is C17H25N3O. The molecule has 1 saturated heterocycles. The molecule has 4 heteroatoms. The molecule has 0 atom stereocenters. The maximum atomic E-state index is 12.6. The van der Waals surface area contributed by atoms with Gasteiger partial charge in [-0.1, -0.05) is 19.3 Å². The first-order valence-electron chi connectivity index (χ1n) is 8.03. The number of hydrogen-bond acceptors (Lipinski definition) is 3. The highest BCUT2D eigenvalue weighted by atomic mass is 16.2. The summed E-state index contributed by atoms with van der Waals surface area (Å²) in [7, 11) is 0. The van der Waals surface area contributed by atoms with E-state index in [1.54, 1.807) is 18.2 Å². The Balaban J connectivity index is 1.67. The third kappa shape index (κ3) is 2.99. The Hall–Kier alpha value is -1.71. The molecule has 0 radical (unpaired) electrons. The second-order valence-electron chi connectivity index (χ2n) is 6.74. The van der Waals surface area contributed by atoms with Crippen LogP contribution in [0.1, 0.15) is 55.3 Å². The van der Waals surface area contributed by atoms with Gasteiger partial charge in [0.25, 0.3) is 5.91 Å². The number of nitrogens with two attached hydrogens (primary N) is 2. The average Bonchev–Trinajstić information content (AvgIpc) is 2.47. The van der Waals surface area contributed by atoms with Crippen LogP contribution in [0.25, 0.3) is 0 Å². The van der Waals surface area contributed by atoms with Gasteiger partial charge in [-0.2, -0.15) is 0 Å². The first kappa shape index (κ1) is 14.2. The summed E-state index contributed by atoms with van der Waals surface area (Å²) in [5.41, 5.74) is 13.8. The monoisotopic (exact) mass is 287 g/mol. The minimum absolute atomic E-state index is 0.0691. The molecule has 1 aromatic carbocycles. The van der Waals surface area contributed by atoms with Crippen LogP contribution in [-0.4, -0.2) is 23.9 Å². The van der Waals surface area contributed by atoms with Crippen molar-refractivity contribution in [3.05, 3.63) is 23.8 Å². The summed E-state index contributed by atoms with van der Waals surface area (Å²) < 4.78 is 0. The van der Waals surface area contributed by atoms with Crippen molar-refractivity contribution in [2.45, 2.75) is 44.9 Å². The molecule has 114 valence electrons. The van der Waals surface area contributed by atoms with Crippen LogP contribution in [-0.2, 0) is 0 Å². The standard InChI is InChI=1S/C17H25N3O/c18-14-10-13(11-15(19)12-14)16(21)20-8-6-17(7-9-20)4-2-1-3-5-17/h10-12H,1-9,18-19H2. The molecule has 21 heavy (non-hydrogen) atoms. The highest BCUT2D eigenvalue weighted by Gasteiger charge is 2.36. The van der Waals surface area contributed by atoms with Gasteiger partial charge in [-0.3, -0.25) is 4.79 Å². The van der Waals surface area contributed by atoms with E-state index >= 15 is 0 Å². The normalized spacial score (nSPS) is 21.4. The van der Waals surface area contributed by atoms with Crippen molar-refractivity contribution in [3.8, 4) is 0 Å². The largest absolute Gasteiger partial charge is 0.399 e. The number of carbonyl (C=O) groups excluding carboxylic acids is 1. The van der Waals surface area contributed by atoms with E-state index in [1.807, 2.05) is 4.90 Å². The van der Waals surface area contributed by atoms with Gasteiger partial charge in [0.1, 0.15) is 0 Å². The summed E-state index contributed by atoms with van der Waals surface area (Å²) in [6, 6.07) is 5.14. The van der Waals surface area contributed by atoms with Crippen LogP contribution < -0.4 is 11.5 Å². The maximum absolute atomic E-state index is 12.6. The first-order valence-corrected chi connectivity index (χ1v) is 8.03. The topological polar surface area (TPSA) is 72.3 Å². The number of nitrogen functional groups attached to an aromatic ring is 2. The second kappa shape index (κ2) is 5.58. The van der Waals surface area contributed by atoms with Gasteiger partial charge >= 0.3 is 0 Å². The van der Waals surface area contributed by atoms with Gasteiger partial charge in [-0.25, -0.2) is 0 Å². The molecule has 1 aliphatic carbocycles. The van der Waals surface area contributed by atoms with Crippen molar-refractivity contribution < 1.29 is 4.79 Å². The molecule has 1 saturated carbocycles. The highest BCUT2D eigenvalue weighted by molar-refractivity contribution is 5.96. The van der Waals surface area contributed by atoms with Crippen molar-refractivity contribution in [2.24, 2.45) is 5.41 Å². The fourth-order valence-corrected chi connectivity index (χ4v) is 3.97. The predicted octanol–water partition coefficient (Wildman–Crippen LogP) is 3.04. The molecule has 1 spiro atoms. The Morgan fingerprint density at radius 2 is 1.48 bits per heavy atom. The van der Waals surface area contributed by atoms with Crippen LogP contribution in [0.2, 0.25) is 0 Å². The summed E-state index contributed by atoms with van der Waals surface area (Å²) in [5.74, 6) is 0.0691. The van der Waals surface area contributed by atoms with E-state index in [-0.39, 0.29) is 5.91 Å². The van der Waals surface area contributed by atoms with Gasteiger partial charge < -0.3 is 16.4 Å². The number of nitrogens with zero attached hydrogens (tertiary/aromatic N) is 1. The number of rotatable bonds is 1.